The van der Waals surface area contributed by atoms with E-state index in [0.29, 0.717) is 0 Å². The highest BCUT2D eigenvalue weighted by atomic mass is 14.0. The minimum atomic E-state index is 1.29. The summed E-state index contributed by atoms with van der Waals surface area (Å²) in [5, 5.41) is 0. The highest BCUT2D eigenvalue weighted by Crippen LogP contribution is 2.19. The average molecular weight is 142 g/mol. The van der Waals surface area contributed by atoms with E-state index in [2.05, 4.69) is 49.4 Å². The summed E-state index contributed by atoms with van der Waals surface area (Å²) in [6, 6.07) is 8.56. The molecule has 0 aromatic heterocycles. The predicted molar refractivity (Wildman–Crippen MR) is 49.1 cm³/mol. The van der Waals surface area contributed by atoms with Crippen molar-refractivity contribution in [3.05, 3.63) is 47.5 Å². The van der Waals surface area contributed by atoms with Crippen LogP contribution in [0.2, 0.25) is 0 Å². The largest absolute Gasteiger partial charge is 0.0614 e. The van der Waals surface area contributed by atoms with Crippen molar-refractivity contribution in [1.29, 1.82) is 0 Å². The zero-order chi connectivity index (χ0) is 7.68. The summed E-state index contributed by atoms with van der Waals surface area (Å²) in [7, 11) is 0. The van der Waals surface area contributed by atoms with Gasteiger partial charge in [-0.25, -0.2) is 0 Å². The van der Waals surface area contributed by atoms with E-state index < -0.39 is 0 Å². The first-order chi connectivity index (χ1) is 5.36. The van der Waals surface area contributed by atoms with Crippen LogP contribution in [-0.4, -0.2) is 0 Å². The van der Waals surface area contributed by atoms with Crippen LogP contribution in [0.3, 0.4) is 0 Å². The van der Waals surface area contributed by atoms with E-state index in [1.807, 2.05) is 0 Å². The fraction of sp³-hybridized carbons (Fsp3) is 0.0909. The molecule has 1 aromatic carbocycles. The second-order valence-corrected chi connectivity index (χ2v) is 2.83. The molecule has 2 rings (SSSR count). The molecule has 0 amide bonds. The van der Waals surface area contributed by atoms with Crippen molar-refractivity contribution in [2.45, 2.75) is 6.92 Å². The first-order valence-electron chi connectivity index (χ1n) is 3.82. The first kappa shape index (κ1) is 6.41. The van der Waals surface area contributed by atoms with Crippen LogP contribution in [0.25, 0.3) is 11.6 Å². The van der Waals surface area contributed by atoms with E-state index in [0.717, 1.165) is 0 Å². The lowest BCUT2D eigenvalue weighted by atomic mass is 10.1. The van der Waals surface area contributed by atoms with E-state index in [1.54, 1.807) is 0 Å². The Bertz CT molecular complexity index is 330. The lowest BCUT2D eigenvalue weighted by molar-refractivity contribution is 1.56. The Balaban J connectivity index is 2.66. The quantitative estimate of drug-likeness (QED) is 0.522. The van der Waals surface area contributed by atoms with E-state index in [-0.39, 0.29) is 0 Å². The second-order valence-electron chi connectivity index (χ2n) is 2.83. The fourth-order valence-electron chi connectivity index (χ4n) is 1.29. The van der Waals surface area contributed by atoms with Crippen molar-refractivity contribution in [2.75, 3.05) is 0 Å². The molecular weight excluding hydrogens is 132 g/mol. The smallest absolute Gasteiger partial charge is 0.0221 e. The third kappa shape index (κ3) is 1.12. The summed E-state index contributed by atoms with van der Waals surface area (Å²) in [6.45, 7) is 2.13. The first-order valence-corrected chi connectivity index (χ1v) is 3.82. The normalized spacial score (nSPS) is 14.1. The summed E-state index contributed by atoms with van der Waals surface area (Å²) >= 11 is 0. The summed E-state index contributed by atoms with van der Waals surface area (Å²) < 4.78 is 0. The van der Waals surface area contributed by atoms with Gasteiger partial charge in [0.2, 0.25) is 0 Å². The van der Waals surface area contributed by atoms with Crippen molar-refractivity contribution >= 4 is 11.6 Å². The second kappa shape index (κ2) is 2.39. The van der Waals surface area contributed by atoms with Crippen LogP contribution < -0.4 is 0 Å². The summed E-state index contributed by atoms with van der Waals surface area (Å²) in [5.74, 6) is 0. The highest BCUT2D eigenvalue weighted by molar-refractivity contribution is 5.72. The summed E-state index contributed by atoms with van der Waals surface area (Å²) in [5.41, 5.74) is 3.95. The van der Waals surface area contributed by atoms with Crippen LogP contribution in [0, 0.1) is 0 Å². The molecule has 0 radical (unpaired) electrons. The van der Waals surface area contributed by atoms with E-state index >= 15 is 0 Å². The topological polar surface area (TPSA) is 0 Å². The monoisotopic (exact) mass is 142 g/mol. The Labute approximate surface area is 66.9 Å². The maximum Gasteiger partial charge on any atom is -0.0221 e. The van der Waals surface area contributed by atoms with E-state index in [4.69, 9.17) is 0 Å². The molecule has 0 saturated carbocycles. The van der Waals surface area contributed by atoms with Crippen molar-refractivity contribution in [2.24, 2.45) is 0 Å². The van der Waals surface area contributed by atoms with Crippen molar-refractivity contribution in [3.63, 3.8) is 0 Å². The number of allylic oxidation sites excluding steroid dienone is 3. The number of fused-ring (bicyclic) bond motifs is 2. The van der Waals surface area contributed by atoms with Gasteiger partial charge in [0.05, 0.1) is 0 Å². The van der Waals surface area contributed by atoms with E-state index in [1.165, 1.54) is 16.7 Å². The molecule has 0 aliphatic heterocycles. The van der Waals surface area contributed by atoms with Crippen molar-refractivity contribution in [3.8, 4) is 0 Å². The van der Waals surface area contributed by atoms with Crippen LogP contribution in [0.4, 0.5) is 0 Å². The van der Waals surface area contributed by atoms with Gasteiger partial charge in [-0.3, -0.25) is 0 Å². The van der Waals surface area contributed by atoms with Crippen LogP contribution in [-0.2, 0) is 0 Å². The molecule has 0 saturated heterocycles. The van der Waals surface area contributed by atoms with Gasteiger partial charge in [-0.15, -0.1) is 0 Å². The molecule has 11 heavy (non-hydrogen) atoms. The standard InChI is InChI=1S/C11H10/c1-9-4-2-5-10-6-3-7-11(9)8-10/h2-8H,1H3. The maximum absolute atomic E-state index is 2.20. The lowest BCUT2D eigenvalue weighted by Crippen LogP contribution is -1.77. The Kier molecular flexibility index (Phi) is 1.39. The molecule has 2 bridgehead atoms. The van der Waals surface area contributed by atoms with Gasteiger partial charge in [0.25, 0.3) is 0 Å². The van der Waals surface area contributed by atoms with E-state index in [9.17, 15) is 0 Å². The van der Waals surface area contributed by atoms with Crippen LogP contribution in [0.15, 0.2) is 36.4 Å². The van der Waals surface area contributed by atoms with Gasteiger partial charge in [0.1, 0.15) is 0 Å². The molecule has 0 atom stereocenters. The molecule has 0 nitrogen and oxygen atoms in total. The molecule has 0 unspecified atom stereocenters. The summed E-state index contributed by atoms with van der Waals surface area (Å²) in [4.78, 5) is 0. The number of benzene rings is 1. The fourth-order valence-corrected chi connectivity index (χ4v) is 1.29. The third-order valence-corrected chi connectivity index (χ3v) is 1.98. The molecular formula is C11H10. The number of hydrogen-bond donors (Lipinski definition) is 0. The Morgan fingerprint density at radius 1 is 1.18 bits per heavy atom. The molecule has 1 aliphatic rings. The molecule has 0 heterocycles. The highest BCUT2D eigenvalue weighted by Gasteiger charge is 1.97. The molecule has 1 aromatic rings. The van der Waals surface area contributed by atoms with Crippen molar-refractivity contribution in [1.82, 2.24) is 0 Å². The molecule has 0 spiro atoms. The minimum absolute atomic E-state index is 1.29. The predicted octanol–water partition coefficient (Wildman–Crippen LogP) is 3.12. The van der Waals surface area contributed by atoms with Crippen LogP contribution in [0.1, 0.15) is 18.1 Å². The van der Waals surface area contributed by atoms with Crippen molar-refractivity contribution < 1.29 is 0 Å². The van der Waals surface area contributed by atoms with Gasteiger partial charge in [-0.05, 0) is 29.7 Å². The Morgan fingerprint density at radius 2 is 2.09 bits per heavy atom. The zero-order valence-electron chi connectivity index (χ0n) is 6.54. The Hall–Kier alpha value is -1.30. The third-order valence-electron chi connectivity index (χ3n) is 1.98. The molecule has 0 N–H and O–H groups in total. The summed E-state index contributed by atoms with van der Waals surface area (Å²) in [6.07, 6.45) is 6.36. The van der Waals surface area contributed by atoms with Gasteiger partial charge in [-0.2, -0.15) is 0 Å². The number of hydrogen-bond acceptors (Lipinski definition) is 0. The van der Waals surface area contributed by atoms with Gasteiger partial charge in [-0.1, -0.05) is 36.4 Å². The average Bonchev–Trinajstić information content (AvgIpc) is 2.14. The zero-order valence-corrected chi connectivity index (χ0v) is 6.54. The van der Waals surface area contributed by atoms with Gasteiger partial charge < -0.3 is 0 Å². The number of rotatable bonds is 0. The molecule has 0 heteroatoms. The molecule has 54 valence electrons. The van der Waals surface area contributed by atoms with Gasteiger partial charge in [0, 0.05) is 0 Å². The minimum Gasteiger partial charge on any atom is -0.0614 e. The maximum atomic E-state index is 2.20. The Morgan fingerprint density at radius 3 is 3.00 bits per heavy atom. The van der Waals surface area contributed by atoms with Gasteiger partial charge in [0.15, 0.2) is 0 Å². The SMILES string of the molecule is CC1=CC=Cc2cccc1c2. The van der Waals surface area contributed by atoms with Gasteiger partial charge >= 0.3 is 0 Å². The van der Waals surface area contributed by atoms with Crippen LogP contribution in [0.5, 0.6) is 0 Å². The molecule has 1 aliphatic carbocycles. The lowest BCUT2D eigenvalue weighted by Gasteiger charge is -1.98. The van der Waals surface area contributed by atoms with Crippen LogP contribution >= 0.6 is 0 Å². The molecule has 0 fully saturated rings.